The Morgan fingerprint density at radius 3 is 2.71 bits per heavy atom. The van der Waals surface area contributed by atoms with Crippen molar-refractivity contribution in [2.75, 3.05) is 31.6 Å². The second-order valence-electron chi connectivity index (χ2n) is 4.95. The van der Waals surface area contributed by atoms with Crippen LogP contribution in [0.2, 0.25) is 0 Å². The van der Waals surface area contributed by atoms with Crippen LogP contribution in [-0.2, 0) is 9.53 Å². The van der Waals surface area contributed by atoms with Gasteiger partial charge >= 0.3 is 12.5 Å². The number of carbonyl (C=O) groups excluding carboxylic acids is 2. The van der Waals surface area contributed by atoms with Crippen molar-refractivity contribution in [2.24, 2.45) is 0 Å². The minimum atomic E-state index is -0.144. The summed E-state index contributed by atoms with van der Waals surface area (Å²) in [5.74, 6) is 0.351. The molecule has 1 N–H and O–H groups in total. The smallest absolute Gasteiger partial charge is 0.345 e. The summed E-state index contributed by atoms with van der Waals surface area (Å²) in [6, 6.07) is 6.84. The number of ether oxygens (including phenoxy) is 2. The molecule has 24 heavy (non-hydrogen) atoms. The molecule has 124 valence electrons. The quantitative estimate of drug-likeness (QED) is 0.796. The lowest BCUT2D eigenvalue weighted by atomic mass is 10.1. The molecule has 1 saturated heterocycles. The summed E-state index contributed by atoms with van der Waals surface area (Å²) in [7, 11) is 0. The van der Waals surface area contributed by atoms with Crippen molar-refractivity contribution in [3.8, 4) is 6.01 Å². The molecule has 1 aliphatic rings. The molecule has 0 saturated carbocycles. The number of amides is 1. The minimum Gasteiger partial charge on any atom is -0.392 e. The molecule has 1 amide bonds. The van der Waals surface area contributed by atoms with Crippen LogP contribution in [0.5, 0.6) is 6.01 Å². The van der Waals surface area contributed by atoms with Crippen LogP contribution < -0.4 is 10.1 Å². The van der Waals surface area contributed by atoms with E-state index in [-0.39, 0.29) is 18.4 Å². The number of benzene rings is 1. The van der Waals surface area contributed by atoms with Crippen LogP contribution in [0.25, 0.3) is 0 Å². The van der Waals surface area contributed by atoms with Crippen molar-refractivity contribution < 1.29 is 19.1 Å². The third kappa shape index (κ3) is 3.82. The van der Waals surface area contributed by atoms with E-state index >= 15 is 0 Å². The largest absolute Gasteiger partial charge is 0.392 e. The molecule has 0 spiro atoms. The van der Waals surface area contributed by atoms with Crippen molar-refractivity contribution >= 4 is 23.9 Å². The molecule has 1 aliphatic heterocycles. The Labute approximate surface area is 137 Å². The van der Waals surface area contributed by atoms with Gasteiger partial charge in [0, 0.05) is 24.3 Å². The van der Waals surface area contributed by atoms with Crippen molar-refractivity contribution in [1.29, 1.82) is 0 Å². The number of nitrogens with one attached hydrogen (secondary N) is 1. The normalized spacial score (nSPS) is 14.1. The summed E-state index contributed by atoms with van der Waals surface area (Å²) in [6.07, 6.45) is 1.39. The number of carbonyl (C=O) groups is 2. The molecular formula is C15H15N5O4. The SMILES string of the molecule is O=COc1nncc(Nc2ccc(C(=O)N3CCOCC3)cc2)n1. The predicted molar refractivity (Wildman–Crippen MR) is 83.0 cm³/mol. The molecule has 0 radical (unpaired) electrons. The number of morpholine rings is 1. The predicted octanol–water partition coefficient (Wildman–Crippen LogP) is 0.623. The fourth-order valence-corrected chi connectivity index (χ4v) is 2.23. The van der Waals surface area contributed by atoms with Crippen LogP contribution in [0.1, 0.15) is 10.4 Å². The summed E-state index contributed by atoms with van der Waals surface area (Å²) in [4.78, 5) is 28.4. The van der Waals surface area contributed by atoms with Gasteiger partial charge in [0.25, 0.3) is 5.91 Å². The highest BCUT2D eigenvalue weighted by atomic mass is 16.5. The van der Waals surface area contributed by atoms with E-state index < -0.39 is 0 Å². The minimum absolute atomic E-state index is 0.0183. The van der Waals surface area contributed by atoms with E-state index in [1.54, 1.807) is 29.2 Å². The first-order valence-corrected chi connectivity index (χ1v) is 7.30. The standard InChI is InChI=1S/C15H15N5O4/c21-10-24-15-18-13(9-16-19-15)17-12-3-1-11(2-4-12)14(22)20-5-7-23-8-6-20/h1-4,9-10H,5-8H2,(H,17,18,19). The molecule has 0 atom stereocenters. The van der Waals surface area contributed by atoms with E-state index in [4.69, 9.17) is 4.74 Å². The van der Waals surface area contributed by atoms with Gasteiger partial charge in [0.1, 0.15) is 0 Å². The van der Waals surface area contributed by atoms with Gasteiger partial charge in [0.2, 0.25) is 0 Å². The van der Waals surface area contributed by atoms with Crippen molar-refractivity contribution in [1.82, 2.24) is 20.1 Å². The lowest BCUT2D eigenvalue weighted by Crippen LogP contribution is -2.40. The molecular weight excluding hydrogens is 314 g/mol. The number of rotatable bonds is 5. The summed E-state index contributed by atoms with van der Waals surface area (Å²) in [6.45, 7) is 2.57. The molecule has 1 fully saturated rings. The molecule has 9 nitrogen and oxygen atoms in total. The average molecular weight is 329 g/mol. The number of nitrogens with zero attached hydrogens (tertiary/aromatic N) is 4. The van der Waals surface area contributed by atoms with Gasteiger partial charge in [-0.1, -0.05) is 5.10 Å². The van der Waals surface area contributed by atoms with Crippen LogP contribution in [0.4, 0.5) is 11.5 Å². The molecule has 0 bridgehead atoms. The Kier molecular flexibility index (Phi) is 4.92. The highest BCUT2D eigenvalue weighted by Gasteiger charge is 2.18. The number of aromatic nitrogens is 3. The van der Waals surface area contributed by atoms with E-state index in [1.807, 2.05) is 0 Å². The van der Waals surface area contributed by atoms with E-state index in [0.29, 0.717) is 43.4 Å². The van der Waals surface area contributed by atoms with Crippen LogP contribution in [-0.4, -0.2) is 58.8 Å². The molecule has 3 rings (SSSR count). The molecule has 2 aromatic rings. The maximum absolute atomic E-state index is 12.4. The van der Waals surface area contributed by atoms with Gasteiger partial charge in [0.05, 0.1) is 19.4 Å². The van der Waals surface area contributed by atoms with Crippen molar-refractivity contribution in [3.05, 3.63) is 36.0 Å². The van der Waals surface area contributed by atoms with Gasteiger partial charge < -0.3 is 19.7 Å². The number of anilines is 2. The van der Waals surface area contributed by atoms with Gasteiger partial charge in [-0.15, -0.1) is 0 Å². The first-order valence-electron chi connectivity index (χ1n) is 7.30. The molecule has 9 heteroatoms. The second kappa shape index (κ2) is 7.47. The maximum atomic E-state index is 12.4. The maximum Gasteiger partial charge on any atom is 0.345 e. The van der Waals surface area contributed by atoms with Crippen LogP contribution in [0.3, 0.4) is 0 Å². The highest BCUT2D eigenvalue weighted by Crippen LogP contribution is 2.17. The third-order valence-electron chi connectivity index (χ3n) is 3.40. The number of hydrogen-bond acceptors (Lipinski definition) is 8. The summed E-state index contributed by atoms with van der Waals surface area (Å²) < 4.78 is 9.78. The monoisotopic (exact) mass is 329 g/mol. The summed E-state index contributed by atoms with van der Waals surface area (Å²) in [5, 5.41) is 10.2. The third-order valence-corrected chi connectivity index (χ3v) is 3.40. The van der Waals surface area contributed by atoms with E-state index in [9.17, 15) is 9.59 Å². The van der Waals surface area contributed by atoms with Crippen LogP contribution in [0, 0.1) is 0 Å². The summed E-state index contributed by atoms with van der Waals surface area (Å²) >= 11 is 0. The first kappa shape index (κ1) is 15.8. The Hall–Kier alpha value is -3.07. The first-order chi connectivity index (χ1) is 11.8. The van der Waals surface area contributed by atoms with Gasteiger partial charge in [-0.25, -0.2) is 0 Å². The van der Waals surface area contributed by atoms with Crippen molar-refractivity contribution in [2.45, 2.75) is 0 Å². The highest BCUT2D eigenvalue weighted by molar-refractivity contribution is 5.94. The van der Waals surface area contributed by atoms with E-state index in [1.165, 1.54) is 6.20 Å². The lowest BCUT2D eigenvalue weighted by Gasteiger charge is -2.26. The molecule has 0 aliphatic carbocycles. The van der Waals surface area contributed by atoms with Gasteiger partial charge in [0.15, 0.2) is 5.82 Å². The van der Waals surface area contributed by atoms with E-state index in [2.05, 4.69) is 25.2 Å². The topological polar surface area (TPSA) is 107 Å². The zero-order valence-electron chi connectivity index (χ0n) is 12.7. The Morgan fingerprint density at radius 2 is 2.00 bits per heavy atom. The Balaban J connectivity index is 1.67. The van der Waals surface area contributed by atoms with Gasteiger partial charge in [-0.3, -0.25) is 9.59 Å². The average Bonchev–Trinajstić information content (AvgIpc) is 2.63. The fraction of sp³-hybridized carbons (Fsp3) is 0.267. The van der Waals surface area contributed by atoms with Gasteiger partial charge in [-0.05, 0) is 24.3 Å². The fourth-order valence-electron chi connectivity index (χ4n) is 2.23. The van der Waals surface area contributed by atoms with Crippen molar-refractivity contribution in [3.63, 3.8) is 0 Å². The van der Waals surface area contributed by atoms with Crippen LogP contribution >= 0.6 is 0 Å². The number of hydrogen-bond donors (Lipinski definition) is 1. The molecule has 1 aromatic heterocycles. The van der Waals surface area contributed by atoms with E-state index in [0.717, 1.165) is 0 Å². The molecule has 2 heterocycles. The zero-order valence-corrected chi connectivity index (χ0v) is 12.7. The molecule has 0 unspecified atom stereocenters. The Morgan fingerprint density at radius 1 is 1.25 bits per heavy atom. The molecule has 1 aromatic carbocycles. The lowest BCUT2D eigenvalue weighted by molar-refractivity contribution is -0.121. The Bertz CT molecular complexity index is 716. The van der Waals surface area contributed by atoms with Gasteiger partial charge in [-0.2, -0.15) is 10.1 Å². The zero-order chi connectivity index (χ0) is 16.8. The van der Waals surface area contributed by atoms with Crippen LogP contribution in [0.15, 0.2) is 30.5 Å². The second-order valence-corrected chi connectivity index (χ2v) is 4.95. The summed E-state index contributed by atoms with van der Waals surface area (Å²) in [5.41, 5.74) is 1.32.